The Morgan fingerprint density at radius 2 is 1.38 bits per heavy atom. The molecule has 24 heavy (non-hydrogen) atoms. The molecule has 0 bridgehead atoms. The second-order valence-corrected chi connectivity index (χ2v) is 6.77. The van der Waals surface area contributed by atoms with Crippen molar-refractivity contribution in [2.75, 3.05) is 0 Å². The van der Waals surface area contributed by atoms with Gasteiger partial charge in [0.1, 0.15) is 0 Å². The number of rotatable bonds is 2. The molecule has 0 aliphatic rings. The van der Waals surface area contributed by atoms with Crippen molar-refractivity contribution in [3.05, 3.63) is 88.9 Å². The quantitative estimate of drug-likeness (QED) is 0.383. The minimum Gasteiger partial charge on any atom is -0.247 e. The largest absolute Gasteiger partial charge is 0.247 e. The number of aromatic nitrogens is 1. The van der Waals surface area contributed by atoms with Crippen LogP contribution in [0.1, 0.15) is 5.56 Å². The highest BCUT2D eigenvalue weighted by Gasteiger charge is 2.14. The summed E-state index contributed by atoms with van der Waals surface area (Å²) in [5.74, 6) is 0. The summed E-state index contributed by atoms with van der Waals surface area (Å²) < 4.78 is 1.08. The van der Waals surface area contributed by atoms with E-state index < -0.39 is 0 Å². The Morgan fingerprint density at radius 1 is 0.708 bits per heavy atom. The van der Waals surface area contributed by atoms with E-state index in [1.54, 1.807) is 0 Å². The van der Waals surface area contributed by atoms with Gasteiger partial charge in [0.25, 0.3) is 0 Å². The van der Waals surface area contributed by atoms with Gasteiger partial charge in [0.2, 0.25) is 0 Å². The zero-order chi connectivity index (χ0) is 16.5. The van der Waals surface area contributed by atoms with E-state index in [1.165, 1.54) is 22.1 Å². The minimum absolute atomic E-state index is 1.03. The molecule has 0 aliphatic carbocycles. The number of fused-ring (bicyclic) bond motifs is 1. The lowest BCUT2D eigenvalue weighted by molar-refractivity contribution is 1.33. The zero-order valence-electron chi connectivity index (χ0n) is 13.3. The second-order valence-electron chi connectivity index (χ2n) is 5.85. The van der Waals surface area contributed by atoms with Gasteiger partial charge >= 0.3 is 0 Å². The number of halogens is 1. The van der Waals surface area contributed by atoms with Gasteiger partial charge in [-0.05, 0) is 41.8 Å². The summed E-state index contributed by atoms with van der Waals surface area (Å²) in [6.07, 6.45) is 0. The second kappa shape index (κ2) is 6.21. The summed E-state index contributed by atoms with van der Waals surface area (Å²) in [6, 6.07) is 27.3. The predicted octanol–water partition coefficient (Wildman–Crippen LogP) is 6.64. The van der Waals surface area contributed by atoms with Crippen LogP contribution < -0.4 is 0 Å². The predicted molar refractivity (Wildman–Crippen MR) is 105 cm³/mol. The van der Waals surface area contributed by atoms with Gasteiger partial charge in [0, 0.05) is 15.4 Å². The third-order valence-corrected chi connectivity index (χ3v) is 4.84. The van der Waals surface area contributed by atoms with Crippen molar-refractivity contribution in [3.8, 4) is 22.4 Å². The first-order chi connectivity index (χ1) is 11.7. The molecule has 0 fully saturated rings. The molecule has 0 atom stereocenters. The monoisotopic (exact) mass is 373 g/mol. The summed E-state index contributed by atoms with van der Waals surface area (Å²) in [4.78, 5) is 4.95. The molecule has 0 amide bonds. The Morgan fingerprint density at radius 3 is 2.12 bits per heavy atom. The van der Waals surface area contributed by atoms with E-state index in [9.17, 15) is 0 Å². The van der Waals surface area contributed by atoms with Crippen molar-refractivity contribution in [1.29, 1.82) is 0 Å². The van der Waals surface area contributed by atoms with Crippen molar-refractivity contribution in [2.45, 2.75) is 6.92 Å². The Kier molecular flexibility index (Phi) is 3.91. The fraction of sp³-hybridized carbons (Fsp3) is 0.0455. The molecule has 1 heterocycles. The van der Waals surface area contributed by atoms with E-state index in [4.69, 9.17) is 4.98 Å². The van der Waals surface area contributed by atoms with Gasteiger partial charge in [-0.1, -0.05) is 76.6 Å². The average molecular weight is 374 g/mol. The van der Waals surface area contributed by atoms with E-state index in [2.05, 4.69) is 95.7 Å². The van der Waals surface area contributed by atoms with Crippen molar-refractivity contribution < 1.29 is 0 Å². The number of hydrogen-bond acceptors (Lipinski definition) is 1. The summed E-state index contributed by atoms with van der Waals surface area (Å²) in [5, 5.41) is 1.20. The number of para-hydroxylation sites is 1. The molecular formula is C22H16BrN. The van der Waals surface area contributed by atoms with Gasteiger partial charge in [-0.15, -0.1) is 0 Å². The SMILES string of the molecule is Cc1c(-c2ccc(Br)cc2)nc2ccccc2c1-c1ccccc1. The van der Waals surface area contributed by atoms with Gasteiger partial charge in [-0.3, -0.25) is 0 Å². The van der Waals surface area contributed by atoms with Crippen molar-refractivity contribution >= 4 is 26.8 Å². The highest BCUT2D eigenvalue weighted by atomic mass is 79.9. The number of hydrogen-bond donors (Lipinski definition) is 0. The molecule has 2 heteroatoms. The molecule has 0 N–H and O–H groups in total. The molecule has 0 saturated carbocycles. The smallest absolute Gasteiger partial charge is 0.0745 e. The topological polar surface area (TPSA) is 12.9 Å². The van der Waals surface area contributed by atoms with Crippen LogP contribution in [0.3, 0.4) is 0 Å². The van der Waals surface area contributed by atoms with Gasteiger partial charge in [0.15, 0.2) is 0 Å². The first-order valence-electron chi connectivity index (χ1n) is 7.95. The van der Waals surface area contributed by atoms with Crippen LogP contribution in [0, 0.1) is 6.92 Å². The fourth-order valence-corrected chi connectivity index (χ4v) is 3.44. The van der Waals surface area contributed by atoms with Crippen LogP contribution >= 0.6 is 15.9 Å². The van der Waals surface area contributed by atoms with Gasteiger partial charge < -0.3 is 0 Å². The van der Waals surface area contributed by atoms with Gasteiger partial charge in [0.05, 0.1) is 11.2 Å². The van der Waals surface area contributed by atoms with Crippen LogP contribution in [0.2, 0.25) is 0 Å². The van der Waals surface area contributed by atoms with E-state index in [0.717, 1.165) is 21.2 Å². The highest BCUT2D eigenvalue weighted by molar-refractivity contribution is 9.10. The summed E-state index contributed by atoms with van der Waals surface area (Å²) in [5.41, 5.74) is 6.91. The van der Waals surface area contributed by atoms with E-state index in [0.29, 0.717) is 0 Å². The first-order valence-corrected chi connectivity index (χ1v) is 8.74. The maximum absolute atomic E-state index is 4.95. The molecular weight excluding hydrogens is 358 g/mol. The van der Waals surface area contributed by atoms with E-state index in [1.807, 2.05) is 6.07 Å². The summed E-state index contributed by atoms with van der Waals surface area (Å²) >= 11 is 3.51. The molecule has 0 aliphatic heterocycles. The van der Waals surface area contributed by atoms with Crippen LogP contribution in [0.15, 0.2) is 83.3 Å². The minimum atomic E-state index is 1.03. The molecule has 0 radical (unpaired) electrons. The summed E-state index contributed by atoms with van der Waals surface area (Å²) in [7, 11) is 0. The molecule has 4 rings (SSSR count). The molecule has 1 aromatic heterocycles. The molecule has 0 saturated heterocycles. The standard InChI is InChI=1S/C22H16BrN/c1-15-21(16-7-3-2-4-8-16)19-9-5-6-10-20(19)24-22(15)17-11-13-18(23)14-12-17/h2-14H,1H3. The molecule has 1 nitrogen and oxygen atoms in total. The Bertz CT molecular complexity index is 1010. The lowest BCUT2D eigenvalue weighted by atomic mass is 9.93. The number of benzene rings is 3. The third kappa shape index (κ3) is 2.63. The van der Waals surface area contributed by atoms with Crippen LogP contribution in [0.4, 0.5) is 0 Å². The third-order valence-electron chi connectivity index (χ3n) is 4.32. The molecule has 116 valence electrons. The zero-order valence-corrected chi connectivity index (χ0v) is 14.9. The van der Waals surface area contributed by atoms with Crippen LogP contribution in [-0.4, -0.2) is 4.98 Å². The Hall–Kier alpha value is -2.45. The van der Waals surface area contributed by atoms with Crippen molar-refractivity contribution in [1.82, 2.24) is 4.98 Å². The average Bonchev–Trinajstić information content (AvgIpc) is 2.63. The molecule has 4 aromatic rings. The molecule has 3 aromatic carbocycles. The fourth-order valence-electron chi connectivity index (χ4n) is 3.17. The lowest BCUT2D eigenvalue weighted by Crippen LogP contribution is -1.95. The first kappa shape index (κ1) is 15.1. The van der Waals surface area contributed by atoms with Crippen molar-refractivity contribution in [3.63, 3.8) is 0 Å². The summed E-state index contributed by atoms with van der Waals surface area (Å²) in [6.45, 7) is 2.17. The van der Waals surface area contributed by atoms with Crippen LogP contribution in [0.25, 0.3) is 33.3 Å². The normalized spacial score (nSPS) is 10.9. The van der Waals surface area contributed by atoms with Crippen LogP contribution in [-0.2, 0) is 0 Å². The van der Waals surface area contributed by atoms with Gasteiger partial charge in [-0.25, -0.2) is 4.98 Å². The molecule has 0 unspecified atom stereocenters. The van der Waals surface area contributed by atoms with E-state index >= 15 is 0 Å². The lowest BCUT2D eigenvalue weighted by Gasteiger charge is -2.15. The molecule has 0 spiro atoms. The van der Waals surface area contributed by atoms with E-state index in [-0.39, 0.29) is 0 Å². The number of pyridine rings is 1. The highest BCUT2D eigenvalue weighted by Crippen LogP contribution is 2.36. The number of nitrogens with zero attached hydrogens (tertiary/aromatic N) is 1. The van der Waals surface area contributed by atoms with Crippen molar-refractivity contribution in [2.24, 2.45) is 0 Å². The maximum Gasteiger partial charge on any atom is 0.0745 e. The van der Waals surface area contributed by atoms with Crippen LogP contribution in [0.5, 0.6) is 0 Å². The Balaban J connectivity index is 2.06. The Labute approximate surface area is 150 Å². The van der Waals surface area contributed by atoms with Gasteiger partial charge in [-0.2, -0.15) is 0 Å². The maximum atomic E-state index is 4.95.